The van der Waals surface area contributed by atoms with Crippen molar-refractivity contribution in [3.63, 3.8) is 0 Å². The van der Waals surface area contributed by atoms with E-state index in [0.717, 1.165) is 21.4 Å². The van der Waals surface area contributed by atoms with Gasteiger partial charge in [-0.25, -0.2) is 0 Å². The van der Waals surface area contributed by atoms with Gasteiger partial charge in [0.05, 0.1) is 6.54 Å². The Labute approximate surface area is 127 Å². The maximum absolute atomic E-state index is 11.5. The third-order valence-electron chi connectivity index (χ3n) is 2.83. The number of hydrogen-bond donors (Lipinski definition) is 2. The zero-order valence-corrected chi connectivity index (χ0v) is 13.3. The van der Waals surface area contributed by atoms with Crippen LogP contribution in [0.2, 0.25) is 0 Å². The minimum Gasteiger partial charge on any atom is -0.489 e. The summed E-state index contributed by atoms with van der Waals surface area (Å²) in [4.78, 5) is 11.5. The third-order valence-corrected chi connectivity index (χ3v) is 3.33. The number of nitrogens with one attached hydrogen (secondary N) is 2. The smallest absolute Gasteiger partial charge is 0.234 e. The van der Waals surface area contributed by atoms with Crippen LogP contribution < -0.4 is 15.4 Å². The van der Waals surface area contributed by atoms with Crippen LogP contribution in [0, 0.1) is 0 Å². The summed E-state index contributed by atoms with van der Waals surface area (Å²) >= 11 is 3.45. The maximum Gasteiger partial charge on any atom is 0.234 e. The summed E-state index contributed by atoms with van der Waals surface area (Å²) < 4.78 is 6.71. The Morgan fingerprint density at radius 3 is 3.00 bits per heavy atom. The molecule has 1 heterocycles. The van der Waals surface area contributed by atoms with Crippen LogP contribution in [0.4, 0.5) is 0 Å². The molecule has 0 radical (unpaired) electrons. The molecule has 1 amide bonds. The lowest BCUT2D eigenvalue weighted by atomic mass is 10.1. The number of carbonyl (C=O) groups is 1. The van der Waals surface area contributed by atoms with E-state index in [4.69, 9.17) is 4.74 Å². The van der Waals surface area contributed by atoms with E-state index in [1.807, 2.05) is 32.0 Å². The second kappa shape index (κ2) is 6.90. The van der Waals surface area contributed by atoms with Crippen molar-refractivity contribution in [3.8, 4) is 5.75 Å². The van der Waals surface area contributed by atoms with Crippen LogP contribution in [0.25, 0.3) is 6.08 Å². The Kier molecular flexibility index (Phi) is 5.20. The van der Waals surface area contributed by atoms with Gasteiger partial charge >= 0.3 is 0 Å². The lowest BCUT2D eigenvalue weighted by molar-refractivity contribution is -0.120. The molecule has 1 aromatic rings. The van der Waals surface area contributed by atoms with Gasteiger partial charge in [-0.2, -0.15) is 0 Å². The molecule has 0 unspecified atom stereocenters. The largest absolute Gasteiger partial charge is 0.489 e. The second-order valence-electron chi connectivity index (χ2n) is 5.10. The van der Waals surface area contributed by atoms with Crippen LogP contribution in [0.15, 0.2) is 28.2 Å². The van der Waals surface area contributed by atoms with Gasteiger partial charge in [-0.05, 0) is 43.7 Å². The number of carbonyl (C=O) groups excluding carboxylic acids is 1. The van der Waals surface area contributed by atoms with Gasteiger partial charge in [0, 0.05) is 22.6 Å². The topological polar surface area (TPSA) is 50.4 Å². The van der Waals surface area contributed by atoms with E-state index >= 15 is 0 Å². The van der Waals surface area contributed by atoms with Crippen LogP contribution in [0.3, 0.4) is 0 Å². The zero-order valence-electron chi connectivity index (χ0n) is 11.7. The van der Waals surface area contributed by atoms with Crippen LogP contribution in [0.5, 0.6) is 5.75 Å². The predicted octanol–water partition coefficient (Wildman–Crippen LogP) is 2.34. The summed E-state index contributed by atoms with van der Waals surface area (Å²) in [6.45, 7) is 5.43. The van der Waals surface area contributed by atoms with E-state index in [0.29, 0.717) is 19.7 Å². The Morgan fingerprint density at radius 1 is 1.45 bits per heavy atom. The van der Waals surface area contributed by atoms with Crippen molar-refractivity contribution >= 4 is 27.9 Å². The van der Waals surface area contributed by atoms with Crippen LogP contribution in [0.1, 0.15) is 19.4 Å². The molecule has 1 aliphatic heterocycles. The number of ether oxygens (including phenoxy) is 1. The first-order valence-electron chi connectivity index (χ1n) is 6.66. The molecule has 0 atom stereocenters. The molecule has 0 bridgehead atoms. The van der Waals surface area contributed by atoms with Crippen molar-refractivity contribution < 1.29 is 9.53 Å². The summed E-state index contributed by atoms with van der Waals surface area (Å²) in [5, 5.41) is 5.98. The van der Waals surface area contributed by atoms with E-state index in [2.05, 4.69) is 32.6 Å². The van der Waals surface area contributed by atoms with Gasteiger partial charge in [0.25, 0.3) is 0 Å². The van der Waals surface area contributed by atoms with Gasteiger partial charge in [0.1, 0.15) is 12.4 Å². The fourth-order valence-corrected chi connectivity index (χ4v) is 2.39. The molecular formula is C15H19BrN2O2. The Balaban J connectivity index is 1.87. The van der Waals surface area contributed by atoms with E-state index in [9.17, 15) is 4.79 Å². The highest BCUT2D eigenvalue weighted by atomic mass is 79.9. The molecule has 1 aliphatic rings. The fourth-order valence-electron chi connectivity index (χ4n) is 2.01. The van der Waals surface area contributed by atoms with Crippen molar-refractivity contribution in [1.29, 1.82) is 0 Å². The molecule has 0 fully saturated rings. The molecular weight excluding hydrogens is 320 g/mol. The summed E-state index contributed by atoms with van der Waals surface area (Å²) in [7, 11) is 0. The second-order valence-corrected chi connectivity index (χ2v) is 6.01. The number of halogens is 1. The molecule has 2 N–H and O–H groups in total. The Bertz CT molecular complexity index is 527. The summed E-state index contributed by atoms with van der Waals surface area (Å²) in [5.41, 5.74) is 2.20. The van der Waals surface area contributed by atoms with Gasteiger partial charge in [-0.3, -0.25) is 4.79 Å². The highest BCUT2D eigenvalue weighted by Crippen LogP contribution is 2.28. The normalized spacial score (nSPS) is 13.5. The number of benzene rings is 1. The predicted molar refractivity (Wildman–Crippen MR) is 83.8 cm³/mol. The first-order valence-corrected chi connectivity index (χ1v) is 7.46. The van der Waals surface area contributed by atoms with Gasteiger partial charge in [0.2, 0.25) is 5.91 Å². The fraction of sp³-hybridized carbons (Fsp3) is 0.400. The lowest BCUT2D eigenvalue weighted by Crippen LogP contribution is -2.38. The molecule has 0 spiro atoms. The highest BCUT2D eigenvalue weighted by molar-refractivity contribution is 9.10. The molecule has 5 heteroatoms. The van der Waals surface area contributed by atoms with Crippen molar-refractivity contribution in [3.05, 3.63) is 33.8 Å². The molecule has 20 heavy (non-hydrogen) atoms. The standard InChI is InChI=1S/C15H19BrN2O2/c1-10(2)18-15(19)8-17-7-11-5-12-6-13(16)3-4-14(12)20-9-11/h3-6,10,17H,7-9H2,1-2H3,(H,18,19). The van der Waals surface area contributed by atoms with Crippen molar-refractivity contribution in [2.45, 2.75) is 19.9 Å². The first-order chi connectivity index (χ1) is 9.54. The van der Waals surface area contributed by atoms with Gasteiger partial charge < -0.3 is 15.4 Å². The van der Waals surface area contributed by atoms with Gasteiger partial charge in [0.15, 0.2) is 0 Å². The molecule has 0 saturated heterocycles. The van der Waals surface area contributed by atoms with Crippen molar-refractivity contribution in [1.82, 2.24) is 10.6 Å². The Hall–Kier alpha value is -1.33. The van der Waals surface area contributed by atoms with E-state index < -0.39 is 0 Å². The molecule has 0 aromatic heterocycles. The quantitative estimate of drug-likeness (QED) is 0.866. The van der Waals surface area contributed by atoms with Gasteiger partial charge in [-0.15, -0.1) is 0 Å². The van der Waals surface area contributed by atoms with Crippen LogP contribution in [-0.4, -0.2) is 31.6 Å². The lowest BCUT2D eigenvalue weighted by Gasteiger charge is -2.18. The molecule has 2 rings (SSSR count). The molecule has 0 aliphatic carbocycles. The average Bonchev–Trinajstić information content (AvgIpc) is 2.37. The highest BCUT2D eigenvalue weighted by Gasteiger charge is 2.12. The molecule has 0 saturated carbocycles. The SMILES string of the molecule is CC(C)NC(=O)CNCC1=Cc2cc(Br)ccc2OC1. The summed E-state index contributed by atoms with van der Waals surface area (Å²) in [5.74, 6) is 0.912. The number of amides is 1. The number of fused-ring (bicyclic) bond motifs is 1. The molecule has 1 aromatic carbocycles. The third kappa shape index (κ3) is 4.35. The first kappa shape index (κ1) is 15.1. The monoisotopic (exact) mass is 338 g/mol. The molecule has 4 nitrogen and oxygen atoms in total. The van der Waals surface area contributed by atoms with E-state index in [-0.39, 0.29) is 11.9 Å². The van der Waals surface area contributed by atoms with E-state index in [1.54, 1.807) is 0 Å². The van der Waals surface area contributed by atoms with Crippen molar-refractivity contribution in [2.75, 3.05) is 19.7 Å². The van der Waals surface area contributed by atoms with Gasteiger partial charge in [-0.1, -0.05) is 15.9 Å². The summed E-state index contributed by atoms with van der Waals surface area (Å²) in [6.07, 6.45) is 2.11. The number of rotatable bonds is 5. The van der Waals surface area contributed by atoms with Crippen LogP contribution in [-0.2, 0) is 4.79 Å². The minimum absolute atomic E-state index is 0.0143. The summed E-state index contributed by atoms with van der Waals surface area (Å²) in [6, 6.07) is 6.12. The Morgan fingerprint density at radius 2 is 2.25 bits per heavy atom. The van der Waals surface area contributed by atoms with E-state index in [1.165, 1.54) is 0 Å². The van der Waals surface area contributed by atoms with Crippen LogP contribution >= 0.6 is 15.9 Å². The minimum atomic E-state index is 0.0143. The zero-order chi connectivity index (χ0) is 14.5. The average molecular weight is 339 g/mol. The van der Waals surface area contributed by atoms with Crippen molar-refractivity contribution in [2.24, 2.45) is 0 Å². The molecule has 108 valence electrons. The number of hydrogen-bond acceptors (Lipinski definition) is 3. The maximum atomic E-state index is 11.5.